The van der Waals surface area contributed by atoms with Crippen LogP contribution in [-0.2, 0) is 4.74 Å². The van der Waals surface area contributed by atoms with E-state index in [1.54, 1.807) is 4.90 Å². The van der Waals surface area contributed by atoms with Gasteiger partial charge in [0, 0.05) is 11.7 Å². The summed E-state index contributed by atoms with van der Waals surface area (Å²) in [6, 6.07) is 7.80. The van der Waals surface area contributed by atoms with Crippen molar-refractivity contribution in [2.75, 3.05) is 23.4 Å². The Morgan fingerprint density at radius 2 is 2.15 bits per heavy atom. The number of cyclic esters (lactones) is 1. The molecule has 0 aliphatic carbocycles. The number of carboxylic acid groups (broad SMARTS) is 1. The highest BCUT2D eigenvalue weighted by molar-refractivity contribution is 5.92. The van der Waals surface area contributed by atoms with Gasteiger partial charge in [0.1, 0.15) is 6.61 Å². The Labute approximate surface area is 149 Å². The molecule has 136 valence electrons. The topological polar surface area (TPSA) is 91.8 Å². The van der Waals surface area contributed by atoms with Gasteiger partial charge in [0.05, 0.1) is 12.2 Å². The van der Waals surface area contributed by atoms with E-state index < -0.39 is 18.0 Å². The fourth-order valence-corrected chi connectivity index (χ4v) is 2.86. The van der Waals surface area contributed by atoms with Gasteiger partial charge in [0.25, 0.3) is 0 Å². The van der Waals surface area contributed by atoms with Crippen molar-refractivity contribution in [2.24, 2.45) is 0 Å². The third-order valence-corrected chi connectivity index (χ3v) is 4.09. The van der Waals surface area contributed by atoms with Gasteiger partial charge in [-0.1, -0.05) is 6.07 Å². The van der Waals surface area contributed by atoms with E-state index in [1.165, 1.54) is 6.07 Å². The lowest BCUT2D eigenvalue weighted by Crippen LogP contribution is -2.23. The Balaban J connectivity index is 1.89. The van der Waals surface area contributed by atoms with Crippen LogP contribution in [0.3, 0.4) is 0 Å². The molecule has 7 nitrogen and oxygen atoms in total. The summed E-state index contributed by atoms with van der Waals surface area (Å²) in [7, 11) is 0. The molecule has 0 radical (unpaired) electrons. The number of hydrogen-bond donors (Lipinski definition) is 2. The zero-order chi connectivity index (χ0) is 18.8. The summed E-state index contributed by atoms with van der Waals surface area (Å²) in [4.78, 5) is 28.0. The number of carboxylic acids is 1. The SMILES string of the molecule is Cc1cc(C(C)Nc2ccc(F)nc2C(=O)O)cc(N2CCOC2=O)c1. The van der Waals surface area contributed by atoms with E-state index in [-0.39, 0.29) is 17.4 Å². The average Bonchev–Trinajstić information content (AvgIpc) is 3.01. The van der Waals surface area contributed by atoms with Gasteiger partial charge in [-0.15, -0.1) is 0 Å². The second kappa shape index (κ2) is 6.99. The van der Waals surface area contributed by atoms with Crippen molar-refractivity contribution in [1.29, 1.82) is 0 Å². The fraction of sp³-hybridized carbons (Fsp3) is 0.278. The Bertz CT molecular complexity index is 872. The molecule has 3 rings (SSSR count). The number of hydrogen-bond acceptors (Lipinski definition) is 5. The second-order valence-electron chi connectivity index (χ2n) is 6.07. The predicted octanol–water partition coefficient (Wildman–Crippen LogP) is 3.36. The van der Waals surface area contributed by atoms with Crippen molar-refractivity contribution in [3.8, 4) is 0 Å². The molecule has 0 spiro atoms. The molecule has 1 aromatic heterocycles. The molecule has 0 bridgehead atoms. The quantitative estimate of drug-likeness (QED) is 0.796. The molecule has 26 heavy (non-hydrogen) atoms. The van der Waals surface area contributed by atoms with Gasteiger partial charge in [-0.05, 0) is 49.2 Å². The van der Waals surface area contributed by atoms with E-state index in [4.69, 9.17) is 4.74 Å². The maximum atomic E-state index is 13.2. The highest BCUT2D eigenvalue weighted by Gasteiger charge is 2.24. The number of pyridine rings is 1. The number of halogens is 1. The molecular weight excluding hydrogens is 341 g/mol. The molecule has 2 heterocycles. The Kier molecular flexibility index (Phi) is 4.75. The third-order valence-electron chi connectivity index (χ3n) is 4.09. The summed E-state index contributed by atoms with van der Waals surface area (Å²) in [6.45, 7) is 4.58. The van der Waals surface area contributed by atoms with Crippen molar-refractivity contribution in [1.82, 2.24) is 4.98 Å². The van der Waals surface area contributed by atoms with Crippen molar-refractivity contribution >= 4 is 23.4 Å². The molecule has 1 unspecified atom stereocenters. The third kappa shape index (κ3) is 3.58. The number of benzene rings is 1. The number of aryl methyl sites for hydroxylation is 1. The van der Waals surface area contributed by atoms with Crippen molar-refractivity contribution < 1.29 is 23.8 Å². The van der Waals surface area contributed by atoms with Crippen LogP contribution in [0.5, 0.6) is 0 Å². The van der Waals surface area contributed by atoms with E-state index in [0.29, 0.717) is 18.8 Å². The van der Waals surface area contributed by atoms with Crippen LogP contribution in [0.2, 0.25) is 0 Å². The van der Waals surface area contributed by atoms with Gasteiger partial charge in [-0.25, -0.2) is 14.6 Å². The first-order valence-electron chi connectivity index (χ1n) is 8.07. The Morgan fingerprint density at radius 1 is 1.38 bits per heavy atom. The normalized spacial score (nSPS) is 14.9. The molecule has 1 amide bonds. The molecule has 2 N–H and O–H groups in total. The van der Waals surface area contributed by atoms with Crippen LogP contribution >= 0.6 is 0 Å². The van der Waals surface area contributed by atoms with Gasteiger partial charge < -0.3 is 15.2 Å². The van der Waals surface area contributed by atoms with Gasteiger partial charge in [0.2, 0.25) is 5.95 Å². The highest BCUT2D eigenvalue weighted by atomic mass is 19.1. The number of carbonyl (C=O) groups is 2. The molecule has 2 aromatic rings. The minimum Gasteiger partial charge on any atom is -0.476 e. The van der Waals surface area contributed by atoms with Crippen LogP contribution in [0.4, 0.5) is 20.6 Å². The number of aromatic nitrogens is 1. The van der Waals surface area contributed by atoms with Gasteiger partial charge in [-0.2, -0.15) is 4.39 Å². The van der Waals surface area contributed by atoms with Crippen molar-refractivity contribution in [2.45, 2.75) is 19.9 Å². The summed E-state index contributed by atoms with van der Waals surface area (Å²) in [6.07, 6.45) is -0.391. The van der Waals surface area contributed by atoms with Gasteiger partial charge in [0.15, 0.2) is 5.69 Å². The smallest absolute Gasteiger partial charge is 0.414 e. The summed E-state index contributed by atoms with van der Waals surface area (Å²) in [5, 5.41) is 12.3. The number of nitrogens with one attached hydrogen (secondary N) is 1. The van der Waals surface area contributed by atoms with Crippen LogP contribution in [0.1, 0.15) is 34.6 Å². The standard InChI is InChI=1S/C18H18FN3O4/c1-10-7-12(9-13(8-10)22-5-6-26-18(22)25)11(2)20-14-3-4-15(19)21-16(14)17(23)24/h3-4,7-9,11,20H,5-6H2,1-2H3,(H,23,24). The van der Waals surface area contributed by atoms with Crippen LogP contribution in [0, 0.1) is 12.9 Å². The van der Waals surface area contributed by atoms with E-state index in [1.807, 2.05) is 32.0 Å². The number of rotatable bonds is 5. The van der Waals surface area contributed by atoms with Crippen molar-refractivity contribution in [3.63, 3.8) is 0 Å². The lowest BCUT2D eigenvalue weighted by atomic mass is 10.0. The molecule has 1 aliphatic rings. The summed E-state index contributed by atoms with van der Waals surface area (Å²) in [5.41, 5.74) is 2.34. The Hall–Kier alpha value is -3.16. The molecule has 1 aromatic carbocycles. The fourth-order valence-electron chi connectivity index (χ4n) is 2.86. The minimum absolute atomic E-state index is 0.218. The van der Waals surface area contributed by atoms with E-state index in [2.05, 4.69) is 10.3 Å². The molecule has 1 saturated heterocycles. The van der Waals surface area contributed by atoms with Crippen LogP contribution in [-0.4, -0.2) is 35.3 Å². The van der Waals surface area contributed by atoms with E-state index >= 15 is 0 Å². The second-order valence-corrected chi connectivity index (χ2v) is 6.07. The largest absolute Gasteiger partial charge is 0.476 e. The number of ether oxygens (including phenoxy) is 1. The zero-order valence-electron chi connectivity index (χ0n) is 14.3. The maximum absolute atomic E-state index is 13.2. The van der Waals surface area contributed by atoms with Gasteiger partial charge in [-0.3, -0.25) is 4.90 Å². The molecule has 0 saturated carbocycles. The van der Waals surface area contributed by atoms with Crippen LogP contribution < -0.4 is 10.2 Å². The minimum atomic E-state index is -1.32. The molecular formula is C18H18FN3O4. The molecule has 1 aliphatic heterocycles. The molecule has 8 heteroatoms. The molecule has 1 atom stereocenters. The average molecular weight is 359 g/mol. The zero-order valence-corrected chi connectivity index (χ0v) is 14.3. The van der Waals surface area contributed by atoms with E-state index in [0.717, 1.165) is 17.2 Å². The number of nitrogens with zero attached hydrogens (tertiary/aromatic N) is 2. The molecule has 1 fully saturated rings. The van der Waals surface area contributed by atoms with Crippen molar-refractivity contribution in [3.05, 3.63) is 53.1 Å². The van der Waals surface area contributed by atoms with Gasteiger partial charge >= 0.3 is 12.1 Å². The van der Waals surface area contributed by atoms with E-state index in [9.17, 15) is 19.1 Å². The lowest BCUT2D eigenvalue weighted by Gasteiger charge is -2.20. The monoisotopic (exact) mass is 359 g/mol. The number of anilines is 2. The first-order valence-corrected chi connectivity index (χ1v) is 8.07. The first-order chi connectivity index (χ1) is 12.3. The predicted molar refractivity (Wildman–Crippen MR) is 93.1 cm³/mol. The highest BCUT2D eigenvalue weighted by Crippen LogP contribution is 2.28. The number of carbonyl (C=O) groups excluding carboxylic acids is 1. The number of aromatic carboxylic acids is 1. The summed E-state index contributed by atoms with van der Waals surface area (Å²) >= 11 is 0. The Morgan fingerprint density at radius 3 is 2.81 bits per heavy atom. The van der Waals surface area contributed by atoms with Crippen LogP contribution in [0.15, 0.2) is 30.3 Å². The lowest BCUT2D eigenvalue weighted by molar-refractivity contribution is 0.0690. The van der Waals surface area contributed by atoms with Crippen LogP contribution in [0.25, 0.3) is 0 Å². The summed E-state index contributed by atoms with van der Waals surface area (Å²) in [5.74, 6) is -2.17. The number of amides is 1. The first kappa shape index (κ1) is 17.7. The maximum Gasteiger partial charge on any atom is 0.414 e. The summed E-state index contributed by atoms with van der Waals surface area (Å²) < 4.78 is 18.2.